The van der Waals surface area contributed by atoms with E-state index in [1.165, 1.54) is 0 Å². The number of aromatic nitrogens is 2. The highest BCUT2D eigenvalue weighted by Gasteiger charge is 2.08. The molecule has 0 aliphatic heterocycles. The number of hydrogen-bond acceptors (Lipinski definition) is 4. The highest BCUT2D eigenvalue weighted by atomic mass is 35.5. The van der Waals surface area contributed by atoms with Crippen LogP contribution in [-0.4, -0.2) is 9.97 Å². The van der Waals surface area contributed by atoms with Crippen molar-refractivity contribution in [2.75, 3.05) is 11.5 Å². The van der Waals surface area contributed by atoms with Gasteiger partial charge < -0.3 is 11.5 Å². The van der Waals surface area contributed by atoms with Crippen molar-refractivity contribution in [1.29, 1.82) is 0 Å². The van der Waals surface area contributed by atoms with Gasteiger partial charge in [-0.25, -0.2) is 4.98 Å². The van der Waals surface area contributed by atoms with E-state index in [2.05, 4.69) is 9.97 Å². The van der Waals surface area contributed by atoms with Gasteiger partial charge in [0.1, 0.15) is 5.82 Å². The Morgan fingerprint density at radius 2 is 1.80 bits per heavy atom. The third-order valence-electron chi connectivity index (χ3n) is 2.00. The highest BCUT2D eigenvalue weighted by molar-refractivity contribution is 6.33. The minimum Gasteiger partial charge on any atom is -0.383 e. The van der Waals surface area contributed by atoms with Crippen LogP contribution in [0.2, 0.25) is 5.02 Å². The molecule has 1 aromatic carbocycles. The number of halogens is 1. The molecule has 15 heavy (non-hydrogen) atoms. The summed E-state index contributed by atoms with van der Waals surface area (Å²) in [5.74, 6) is 0.485. The lowest BCUT2D eigenvalue weighted by Gasteiger charge is -2.06. The first kappa shape index (κ1) is 9.73. The van der Waals surface area contributed by atoms with E-state index >= 15 is 0 Å². The second-order valence-electron chi connectivity index (χ2n) is 3.01. The predicted octanol–water partition coefficient (Wildman–Crippen LogP) is 1.96. The summed E-state index contributed by atoms with van der Waals surface area (Å²) >= 11 is 6.03. The molecule has 0 fully saturated rings. The van der Waals surface area contributed by atoms with Crippen molar-refractivity contribution in [3.63, 3.8) is 0 Å². The number of nitrogens with two attached hydrogens (primary N) is 2. The summed E-state index contributed by atoms with van der Waals surface area (Å²) in [5, 5.41) is 0.609. The zero-order valence-electron chi connectivity index (χ0n) is 7.81. The molecule has 0 aliphatic rings. The molecule has 0 bridgehead atoms. The largest absolute Gasteiger partial charge is 0.383 e. The zero-order chi connectivity index (χ0) is 10.8. The Bertz CT molecular complexity index is 499. The van der Waals surface area contributed by atoms with Crippen LogP contribution in [0.4, 0.5) is 11.8 Å². The average molecular weight is 221 g/mol. The second kappa shape index (κ2) is 3.74. The van der Waals surface area contributed by atoms with Crippen molar-refractivity contribution in [2.45, 2.75) is 0 Å². The molecule has 5 heteroatoms. The fourth-order valence-electron chi connectivity index (χ4n) is 1.30. The summed E-state index contributed by atoms with van der Waals surface area (Å²) in [6.45, 7) is 0. The van der Waals surface area contributed by atoms with E-state index in [0.717, 1.165) is 5.56 Å². The quantitative estimate of drug-likeness (QED) is 0.770. The number of hydrogen-bond donors (Lipinski definition) is 2. The Hall–Kier alpha value is -1.81. The molecule has 2 aromatic rings. The number of nitrogens with zero attached hydrogens (tertiary/aromatic N) is 2. The number of rotatable bonds is 1. The highest BCUT2D eigenvalue weighted by Crippen LogP contribution is 2.30. The minimum absolute atomic E-state index is 0.156. The number of nitrogen functional groups attached to an aromatic ring is 2. The monoisotopic (exact) mass is 220 g/mol. The summed E-state index contributed by atoms with van der Waals surface area (Å²) in [6.07, 6.45) is 1.57. The van der Waals surface area contributed by atoms with Gasteiger partial charge >= 0.3 is 0 Å². The molecule has 0 saturated carbocycles. The van der Waals surface area contributed by atoms with E-state index in [4.69, 9.17) is 23.1 Å². The fourth-order valence-corrected chi connectivity index (χ4v) is 1.53. The first-order valence-electron chi connectivity index (χ1n) is 4.31. The van der Waals surface area contributed by atoms with Gasteiger partial charge in [-0.1, -0.05) is 29.8 Å². The molecule has 0 spiro atoms. The van der Waals surface area contributed by atoms with Gasteiger partial charge in [0, 0.05) is 22.3 Å². The molecule has 0 unspecified atom stereocenters. The lowest BCUT2D eigenvalue weighted by Crippen LogP contribution is -2.01. The smallest absolute Gasteiger partial charge is 0.221 e. The molecule has 0 amide bonds. The molecule has 76 valence electrons. The van der Waals surface area contributed by atoms with Crippen molar-refractivity contribution in [2.24, 2.45) is 0 Å². The topological polar surface area (TPSA) is 77.8 Å². The van der Waals surface area contributed by atoms with Gasteiger partial charge in [-0.15, -0.1) is 0 Å². The molecule has 0 aliphatic carbocycles. The Balaban J connectivity index is 2.60. The van der Waals surface area contributed by atoms with Crippen LogP contribution in [0.15, 0.2) is 30.5 Å². The molecule has 0 saturated heterocycles. The lowest BCUT2D eigenvalue weighted by atomic mass is 10.1. The van der Waals surface area contributed by atoms with Gasteiger partial charge in [-0.05, 0) is 6.07 Å². The van der Waals surface area contributed by atoms with Gasteiger partial charge in [-0.3, -0.25) is 0 Å². The Morgan fingerprint density at radius 3 is 2.47 bits per heavy atom. The van der Waals surface area contributed by atoms with Crippen LogP contribution in [0, 0.1) is 0 Å². The van der Waals surface area contributed by atoms with Crippen molar-refractivity contribution >= 4 is 23.4 Å². The second-order valence-corrected chi connectivity index (χ2v) is 3.41. The molecule has 1 aromatic heterocycles. The van der Waals surface area contributed by atoms with Crippen LogP contribution in [0.3, 0.4) is 0 Å². The van der Waals surface area contributed by atoms with E-state index < -0.39 is 0 Å². The molecule has 0 atom stereocenters. The van der Waals surface area contributed by atoms with Crippen LogP contribution >= 0.6 is 11.6 Å². The summed E-state index contributed by atoms with van der Waals surface area (Å²) in [7, 11) is 0. The Morgan fingerprint density at radius 1 is 1.07 bits per heavy atom. The summed E-state index contributed by atoms with van der Waals surface area (Å²) in [5.41, 5.74) is 12.6. The molecule has 1 heterocycles. The summed E-state index contributed by atoms with van der Waals surface area (Å²) in [4.78, 5) is 7.76. The van der Waals surface area contributed by atoms with E-state index in [9.17, 15) is 0 Å². The van der Waals surface area contributed by atoms with Crippen molar-refractivity contribution in [3.05, 3.63) is 35.5 Å². The van der Waals surface area contributed by atoms with Crippen LogP contribution in [0.25, 0.3) is 11.1 Å². The van der Waals surface area contributed by atoms with E-state index in [1.807, 2.05) is 18.2 Å². The maximum absolute atomic E-state index is 6.03. The first-order valence-corrected chi connectivity index (χ1v) is 4.69. The van der Waals surface area contributed by atoms with Crippen LogP contribution < -0.4 is 11.5 Å². The summed E-state index contributed by atoms with van der Waals surface area (Å²) in [6, 6.07) is 7.36. The number of anilines is 2. The average Bonchev–Trinajstić information content (AvgIpc) is 2.20. The van der Waals surface area contributed by atoms with Crippen LogP contribution in [-0.2, 0) is 0 Å². The standard InChI is InChI=1S/C10H9ClN4/c11-8-4-2-1-3-6(8)7-5-14-10(13)15-9(7)12/h1-5H,(H4,12,13,14,15). The molecule has 4 nitrogen and oxygen atoms in total. The molecule has 2 rings (SSSR count). The predicted molar refractivity (Wildman–Crippen MR) is 61.3 cm³/mol. The maximum Gasteiger partial charge on any atom is 0.221 e. The van der Waals surface area contributed by atoms with Gasteiger partial charge in [0.2, 0.25) is 5.95 Å². The van der Waals surface area contributed by atoms with Crippen LogP contribution in [0.5, 0.6) is 0 Å². The van der Waals surface area contributed by atoms with E-state index in [0.29, 0.717) is 16.4 Å². The van der Waals surface area contributed by atoms with Crippen molar-refractivity contribution < 1.29 is 0 Å². The third kappa shape index (κ3) is 1.85. The van der Waals surface area contributed by atoms with Crippen molar-refractivity contribution in [3.8, 4) is 11.1 Å². The summed E-state index contributed by atoms with van der Waals surface area (Å²) < 4.78 is 0. The van der Waals surface area contributed by atoms with E-state index in [-0.39, 0.29) is 5.95 Å². The van der Waals surface area contributed by atoms with Gasteiger partial charge in [-0.2, -0.15) is 4.98 Å². The van der Waals surface area contributed by atoms with E-state index in [1.54, 1.807) is 12.3 Å². The zero-order valence-corrected chi connectivity index (χ0v) is 8.57. The Labute approximate surface area is 91.9 Å². The van der Waals surface area contributed by atoms with Crippen LogP contribution in [0.1, 0.15) is 0 Å². The molecular formula is C10H9ClN4. The van der Waals surface area contributed by atoms with Gasteiger partial charge in [0.05, 0.1) is 0 Å². The molecule has 4 N–H and O–H groups in total. The number of benzene rings is 1. The van der Waals surface area contributed by atoms with Gasteiger partial charge in [0.25, 0.3) is 0 Å². The SMILES string of the molecule is Nc1ncc(-c2ccccc2Cl)c(N)n1. The Kier molecular flexibility index (Phi) is 2.43. The fraction of sp³-hybridized carbons (Fsp3) is 0. The van der Waals surface area contributed by atoms with Gasteiger partial charge in [0.15, 0.2) is 0 Å². The minimum atomic E-state index is 0.156. The molecule has 0 radical (unpaired) electrons. The first-order chi connectivity index (χ1) is 7.18. The lowest BCUT2D eigenvalue weighted by molar-refractivity contribution is 1.20. The normalized spacial score (nSPS) is 10.2. The van der Waals surface area contributed by atoms with Crippen molar-refractivity contribution in [1.82, 2.24) is 9.97 Å². The maximum atomic E-state index is 6.03. The molecular weight excluding hydrogens is 212 g/mol. The third-order valence-corrected chi connectivity index (χ3v) is 2.33.